The fourth-order valence-corrected chi connectivity index (χ4v) is 3.99. The van der Waals surface area contributed by atoms with Crippen molar-refractivity contribution < 1.29 is 23.0 Å². The van der Waals surface area contributed by atoms with Crippen LogP contribution in [0.2, 0.25) is 0 Å². The Hall–Kier alpha value is -2.22. The lowest BCUT2D eigenvalue weighted by molar-refractivity contribution is -0.145. The maximum atomic E-state index is 14.9. The molecule has 4 rings (SSSR count). The summed E-state index contributed by atoms with van der Waals surface area (Å²) < 4.78 is 40.7. The Kier molecular flexibility index (Phi) is 4.77. The Bertz CT molecular complexity index is 827. The summed E-state index contributed by atoms with van der Waals surface area (Å²) in [5.41, 5.74) is 4.72. The third-order valence-electron chi connectivity index (χ3n) is 6.02. The van der Waals surface area contributed by atoms with E-state index in [1.54, 1.807) is 7.05 Å². The summed E-state index contributed by atoms with van der Waals surface area (Å²) in [5, 5.41) is 0. The van der Waals surface area contributed by atoms with Crippen LogP contribution in [0.4, 0.5) is 8.78 Å². The lowest BCUT2D eigenvalue weighted by Crippen LogP contribution is -2.59. The first-order valence-electron chi connectivity index (χ1n) is 9.72. The molecule has 0 bridgehead atoms. The molecule has 3 aliphatic rings. The van der Waals surface area contributed by atoms with E-state index < -0.39 is 23.1 Å². The number of aliphatic imine (C=N–C) groups is 1. The van der Waals surface area contributed by atoms with Gasteiger partial charge in [-0.25, -0.2) is 13.8 Å². The second-order valence-electron chi connectivity index (χ2n) is 7.94. The summed E-state index contributed by atoms with van der Waals surface area (Å²) in [5.74, 6) is -2.06. The molecule has 1 amide bonds. The van der Waals surface area contributed by atoms with E-state index in [0.29, 0.717) is 18.9 Å². The average Bonchev–Trinajstić information content (AvgIpc) is 3.50. The summed E-state index contributed by atoms with van der Waals surface area (Å²) in [7, 11) is 1.55. The van der Waals surface area contributed by atoms with Crippen LogP contribution in [0.25, 0.3) is 0 Å². The number of guanidine groups is 1. The van der Waals surface area contributed by atoms with Gasteiger partial charge >= 0.3 is 0 Å². The van der Waals surface area contributed by atoms with Crippen molar-refractivity contribution in [2.24, 2.45) is 22.6 Å². The Morgan fingerprint density at radius 1 is 1.36 bits per heavy atom. The second kappa shape index (κ2) is 6.99. The molecule has 2 heterocycles. The number of amides is 1. The first-order valence-corrected chi connectivity index (χ1v) is 9.72. The van der Waals surface area contributed by atoms with Gasteiger partial charge in [-0.15, -0.1) is 0 Å². The van der Waals surface area contributed by atoms with Gasteiger partial charge in [0, 0.05) is 18.7 Å². The van der Waals surface area contributed by atoms with E-state index >= 15 is 0 Å². The molecule has 0 spiro atoms. The van der Waals surface area contributed by atoms with E-state index in [1.165, 1.54) is 11.0 Å². The lowest BCUT2D eigenvalue weighted by atomic mass is 9.72. The Morgan fingerprint density at radius 2 is 2.11 bits per heavy atom. The quantitative estimate of drug-likeness (QED) is 0.834. The van der Waals surface area contributed by atoms with Crippen LogP contribution in [0.15, 0.2) is 17.1 Å². The van der Waals surface area contributed by atoms with Crippen molar-refractivity contribution >= 4 is 11.9 Å². The summed E-state index contributed by atoms with van der Waals surface area (Å²) >= 11 is 0. The highest BCUT2D eigenvalue weighted by Crippen LogP contribution is 2.46. The Labute approximate surface area is 162 Å². The summed E-state index contributed by atoms with van der Waals surface area (Å²) in [4.78, 5) is 18.8. The van der Waals surface area contributed by atoms with Gasteiger partial charge in [-0.1, -0.05) is 6.92 Å². The molecule has 0 radical (unpaired) electrons. The molecule has 2 aliphatic heterocycles. The summed E-state index contributed by atoms with van der Waals surface area (Å²) in [6.45, 7) is 2.36. The molecule has 152 valence electrons. The number of ether oxygens (including phenoxy) is 2. The highest BCUT2D eigenvalue weighted by molar-refractivity contribution is 6.00. The molecule has 0 aromatic heterocycles. The minimum Gasteiger partial charge on any atom is -0.490 e. The zero-order valence-corrected chi connectivity index (χ0v) is 16.1. The van der Waals surface area contributed by atoms with Crippen molar-refractivity contribution in [1.29, 1.82) is 0 Å². The largest absolute Gasteiger partial charge is 0.490 e. The van der Waals surface area contributed by atoms with Crippen molar-refractivity contribution in [1.82, 2.24) is 4.90 Å². The van der Waals surface area contributed by atoms with Crippen LogP contribution >= 0.6 is 0 Å². The first-order chi connectivity index (χ1) is 13.4. The third kappa shape index (κ3) is 3.13. The minimum absolute atomic E-state index is 0.00106. The van der Waals surface area contributed by atoms with Gasteiger partial charge in [0.25, 0.3) is 0 Å². The van der Waals surface area contributed by atoms with E-state index in [4.69, 9.17) is 15.2 Å². The van der Waals surface area contributed by atoms with Gasteiger partial charge in [0.15, 0.2) is 17.5 Å². The van der Waals surface area contributed by atoms with Gasteiger partial charge in [0.05, 0.1) is 25.2 Å². The molecule has 6 nitrogen and oxygen atoms in total. The monoisotopic (exact) mass is 393 g/mol. The van der Waals surface area contributed by atoms with Gasteiger partial charge in [0.1, 0.15) is 11.4 Å². The number of nitrogens with zero attached hydrogens (tertiary/aromatic N) is 2. The Morgan fingerprint density at radius 3 is 2.79 bits per heavy atom. The number of carbonyl (C=O) groups excluding carboxylic acids is 1. The molecular weight excluding hydrogens is 368 g/mol. The van der Waals surface area contributed by atoms with Gasteiger partial charge in [-0.05, 0) is 37.7 Å². The average molecular weight is 393 g/mol. The highest BCUT2D eigenvalue weighted by atomic mass is 19.1. The maximum Gasteiger partial charge on any atom is 0.235 e. The van der Waals surface area contributed by atoms with E-state index in [0.717, 1.165) is 25.3 Å². The fraction of sp³-hybridized carbons (Fsp3) is 0.600. The SMILES string of the molecule is CC[C@H]1C[C@H]2C(=O)N(C)C(N)=N[C@@]2(c2cc(OCC3CC3)c(F)cc2F)CO1. The van der Waals surface area contributed by atoms with E-state index in [2.05, 4.69) is 4.99 Å². The van der Waals surface area contributed by atoms with Crippen LogP contribution in [0, 0.1) is 23.5 Å². The molecule has 1 aromatic rings. The fourth-order valence-electron chi connectivity index (χ4n) is 3.99. The van der Waals surface area contributed by atoms with Crippen LogP contribution in [-0.4, -0.2) is 43.1 Å². The van der Waals surface area contributed by atoms with Crippen LogP contribution in [0.3, 0.4) is 0 Å². The molecule has 1 saturated heterocycles. The van der Waals surface area contributed by atoms with Crippen molar-refractivity contribution in [2.75, 3.05) is 20.3 Å². The molecule has 2 fully saturated rings. The van der Waals surface area contributed by atoms with Crippen molar-refractivity contribution in [3.8, 4) is 5.75 Å². The van der Waals surface area contributed by atoms with Crippen LogP contribution < -0.4 is 10.5 Å². The van der Waals surface area contributed by atoms with Gasteiger partial charge < -0.3 is 15.2 Å². The normalized spacial score (nSPS) is 30.1. The Balaban J connectivity index is 1.79. The number of halogens is 2. The zero-order chi connectivity index (χ0) is 20.1. The molecule has 28 heavy (non-hydrogen) atoms. The maximum absolute atomic E-state index is 14.9. The highest BCUT2D eigenvalue weighted by Gasteiger charge is 2.54. The van der Waals surface area contributed by atoms with Crippen LogP contribution in [-0.2, 0) is 15.1 Å². The van der Waals surface area contributed by atoms with Crippen LogP contribution in [0.5, 0.6) is 5.75 Å². The van der Waals surface area contributed by atoms with Crippen molar-refractivity contribution in [3.05, 3.63) is 29.3 Å². The molecular formula is C20H25F2N3O3. The van der Waals surface area contributed by atoms with Crippen molar-refractivity contribution in [2.45, 2.75) is 44.2 Å². The van der Waals surface area contributed by atoms with Gasteiger partial charge in [-0.2, -0.15) is 0 Å². The number of hydrogen-bond donors (Lipinski definition) is 1. The minimum atomic E-state index is -1.32. The number of nitrogens with two attached hydrogens (primary N) is 1. The smallest absolute Gasteiger partial charge is 0.235 e. The molecule has 1 saturated carbocycles. The number of fused-ring (bicyclic) bond motifs is 1. The zero-order valence-electron chi connectivity index (χ0n) is 16.1. The molecule has 1 aliphatic carbocycles. The second-order valence-corrected chi connectivity index (χ2v) is 7.94. The molecule has 0 unspecified atom stereocenters. The van der Waals surface area contributed by atoms with Gasteiger partial charge in [-0.3, -0.25) is 9.69 Å². The number of rotatable bonds is 5. The van der Waals surface area contributed by atoms with E-state index in [1.807, 2.05) is 6.92 Å². The first kappa shape index (κ1) is 19.1. The molecule has 3 atom stereocenters. The predicted molar refractivity (Wildman–Crippen MR) is 98.8 cm³/mol. The number of hydrogen-bond acceptors (Lipinski definition) is 5. The molecule has 1 aromatic carbocycles. The van der Waals surface area contributed by atoms with Crippen molar-refractivity contribution in [3.63, 3.8) is 0 Å². The topological polar surface area (TPSA) is 77.2 Å². The summed E-state index contributed by atoms with van der Waals surface area (Å²) in [6.07, 6.45) is 3.10. The van der Waals surface area contributed by atoms with Crippen LogP contribution in [0.1, 0.15) is 38.2 Å². The van der Waals surface area contributed by atoms with Gasteiger partial charge in [0.2, 0.25) is 5.91 Å². The summed E-state index contributed by atoms with van der Waals surface area (Å²) in [6, 6.07) is 2.12. The number of benzene rings is 1. The lowest BCUT2D eigenvalue weighted by Gasteiger charge is -2.47. The molecule has 2 N–H and O–H groups in total. The van der Waals surface area contributed by atoms with E-state index in [9.17, 15) is 13.6 Å². The predicted octanol–water partition coefficient (Wildman–Crippen LogP) is 2.55. The molecule has 8 heteroatoms. The standard InChI is InChI=1S/C20H25F2N3O3/c1-3-12-6-14-18(26)25(2)19(23)24-20(14,10-28-12)13-7-17(16(22)8-15(13)21)27-9-11-4-5-11/h7-8,11-12,14H,3-6,9-10H2,1-2H3,(H2,23,24)/t12-,14-,20+/m0/s1. The number of carbonyl (C=O) groups is 1. The van der Waals surface area contributed by atoms with E-state index in [-0.39, 0.29) is 35.9 Å². The third-order valence-corrected chi connectivity index (χ3v) is 6.02.